The molecule has 1 unspecified atom stereocenters. The molecule has 0 heterocycles. The number of halogens is 2. The number of hydrogen-bond acceptors (Lipinski definition) is 4. The number of amides is 3. The van der Waals surface area contributed by atoms with Gasteiger partial charge in [-0.1, -0.05) is 35.3 Å². The molecule has 154 valence electrons. The number of phenols is 1. The van der Waals surface area contributed by atoms with Crippen LogP contribution in [0.15, 0.2) is 42.5 Å². The molecule has 0 saturated heterocycles. The summed E-state index contributed by atoms with van der Waals surface area (Å²) >= 11 is 11.9. The largest absolute Gasteiger partial charge is 0.508 e. The van der Waals surface area contributed by atoms with Gasteiger partial charge in [-0.2, -0.15) is 0 Å². The first-order valence-corrected chi connectivity index (χ1v) is 9.65. The van der Waals surface area contributed by atoms with Crippen LogP contribution < -0.4 is 16.0 Å². The summed E-state index contributed by atoms with van der Waals surface area (Å²) in [4.78, 5) is 36.3. The van der Waals surface area contributed by atoms with Crippen molar-refractivity contribution in [3.8, 4) is 5.75 Å². The summed E-state index contributed by atoms with van der Waals surface area (Å²) in [5.41, 5.74) is 0.540. The van der Waals surface area contributed by atoms with Crippen LogP contribution in [0.25, 0.3) is 0 Å². The van der Waals surface area contributed by atoms with Gasteiger partial charge in [-0.05, 0) is 43.7 Å². The highest BCUT2D eigenvalue weighted by atomic mass is 35.5. The molecule has 0 spiro atoms. The third-order valence-corrected chi connectivity index (χ3v) is 4.80. The molecule has 2 aromatic carbocycles. The number of hydrogen-bond donors (Lipinski definition) is 4. The molecule has 2 aromatic rings. The van der Waals surface area contributed by atoms with Crippen molar-refractivity contribution >= 4 is 40.9 Å². The molecule has 4 N–H and O–H groups in total. The van der Waals surface area contributed by atoms with Gasteiger partial charge in [0.15, 0.2) is 0 Å². The Morgan fingerprint density at radius 2 is 1.69 bits per heavy atom. The summed E-state index contributed by atoms with van der Waals surface area (Å²) in [6.07, 6.45) is 0.497. The van der Waals surface area contributed by atoms with Gasteiger partial charge in [0.05, 0.1) is 15.6 Å². The molecule has 0 fully saturated rings. The fraction of sp³-hybridized carbons (Fsp3) is 0.250. The highest BCUT2D eigenvalue weighted by Gasteiger charge is 2.18. The second kappa shape index (κ2) is 10.7. The van der Waals surface area contributed by atoms with E-state index in [1.54, 1.807) is 31.2 Å². The highest BCUT2D eigenvalue weighted by molar-refractivity contribution is 6.43. The molecule has 0 saturated carbocycles. The van der Waals surface area contributed by atoms with E-state index < -0.39 is 11.9 Å². The van der Waals surface area contributed by atoms with Crippen LogP contribution in [-0.4, -0.2) is 42.0 Å². The minimum absolute atomic E-state index is 0.0139. The molecule has 7 nitrogen and oxygen atoms in total. The van der Waals surface area contributed by atoms with Gasteiger partial charge in [0, 0.05) is 18.7 Å². The highest BCUT2D eigenvalue weighted by Crippen LogP contribution is 2.25. The molecule has 3 amide bonds. The lowest BCUT2D eigenvalue weighted by Gasteiger charge is -2.15. The Bertz CT molecular complexity index is 905. The van der Waals surface area contributed by atoms with Crippen molar-refractivity contribution in [3.63, 3.8) is 0 Å². The Kier molecular flexibility index (Phi) is 8.30. The predicted octanol–water partition coefficient (Wildman–Crippen LogP) is 2.75. The van der Waals surface area contributed by atoms with Gasteiger partial charge in [-0.15, -0.1) is 0 Å². The molecule has 1 atom stereocenters. The minimum atomic E-state index is -0.778. The second-order valence-corrected chi connectivity index (χ2v) is 7.03. The standard InChI is InChI=1S/C20H21Cl2N3O4/c1-12(25-20(29)15-7-3-8-16(21)17(15)22)18(27)23-9-4-10-24-19(28)13-5-2-6-14(26)11-13/h2-3,5-8,11-12,26H,4,9-10H2,1H3,(H,23,27)(H,24,28)(H,25,29). The summed E-state index contributed by atoms with van der Waals surface area (Å²) in [7, 11) is 0. The van der Waals surface area contributed by atoms with Crippen LogP contribution in [0.2, 0.25) is 10.0 Å². The molecular formula is C20H21Cl2N3O4. The van der Waals surface area contributed by atoms with Crippen LogP contribution in [0.5, 0.6) is 5.75 Å². The van der Waals surface area contributed by atoms with Gasteiger partial charge in [-0.25, -0.2) is 0 Å². The summed E-state index contributed by atoms with van der Waals surface area (Å²) < 4.78 is 0. The molecule has 0 bridgehead atoms. The number of phenolic OH excluding ortho intramolecular Hbond substituents is 1. The van der Waals surface area contributed by atoms with Crippen molar-refractivity contribution in [2.24, 2.45) is 0 Å². The Morgan fingerprint density at radius 3 is 2.41 bits per heavy atom. The van der Waals surface area contributed by atoms with Crippen molar-refractivity contribution in [1.29, 1.82) is 0 Å². The van der Waals surface area contributed by atoms with Gasteiger partial charge in [0.1, 0.15) is 11.8 Å². The average Bonchev–Trinajstić information content (AvgIpc) is 2.69. The smallest absolute Gasteiger partial charge is 0.253 e. The molecule has 2 rings (SSSR count). The first-order chi connectivity index (χ1) is 13.8. The topological polar surface area (TPSA) is 108 Å². The van der Waals surface area contributed by atoms with Crippen LogP contribution in [0.3, 0.4) is 0 Å². The van der Waals surface area contributed by atoms with Crippen LogP contribution in [0.1, 0.15) is 34.1 Å². The van der Waals surface area contributed by atoms with Gasteiger partial charge >= 0.3 is 0 Å². The average molecular weight is 438 g/mol. The second-order valence-electron chi connectivity index (χ2n) is 6.25. The van der Waals surface area contributed by atoms with E-state index in [9.17, 15) is 19.5 Å². The lowest BCUT2D eigenvalue weighted by atomic mass is 10.2. The van der Waals surface area contributed by atoms with Crippen molar-refractivity contribution in [3.05, 3.63) is 63.6 Å². The summed E-state index contributed by atoms with van der Waals surface area (Å²) in [6, 6.07) is 9.92. The zero-order valence-corrected chi connectivity index (χ0v) is 17.2. The molecule has 0 aliphatic rings. The third kappa shape index (κ3) is 6.66. The zero-order chi connectivity index (χ0) is 21.4. The monoisotopic (exact) mass is 437 g/mol. The Balaban J connectivity index is 1.71. The summed E-state index contributed by atoms with van der Waals surface area (Å²) in [5, 5.41) is 17.7. The van der Waals surface area contributed by atoms with Crippen LogP contribution in [0.4, 0.5) is 0 Å². The molecule has 0 radical (unpaired) electrons. The number of carbonyl (C=O) groups is 3. The minimum Gasteiger partial charge on any atom is -0.508 e. The number of carbonyl (C=O) groups excluding carboxylic acids is 3. The predicted molar refractivity (Wildman–Crippen MR) is 111 cm³/mol. The maximum atomic E-state index is 12.2. The third-order valence-electron chi connectivity index (χ3n) is 3.98. The number of aromatic hydroxyl groups is 1. The van der Waals surface area contributed by atoms with Crippen molar-refractivity contribution in [2.45, 2.75) is 19.4 Å². The van der Waals surface area contributed by atoms with Gasteiger partial charge in [-0.3, -0.25) is 14.4 Å². The van der Waals surface area contributed by atoms with E-state index in [0.29, 0.717) is 25.1 Å². The molecule has 29 heavy (non-hydrogen) atoms. The molecule has 0 aliphatic heterocycles. The maximum Gasteiger partial charge on any atom is 0.253 e. The first kappa shape index (κ1) is 22.5. The Morgan fingerprint density at radius 1 is 1.00 bits per heavy atom. The van der Waals surface area contributed by atoms with Crippen molar-refractivity contribution in [2.75, 3.05) is 13.1 Å². The van der Waals surface area contributed by atoms with Crippen LogP contribution in [0, 0.1) is 0 Å². The number of nitrogens with one attached hydrogen (secondary N) is 3. The SMILES string of the molecule is CC(NC(=O)c1cccc(Cl)c1Cl)C(=O)NCCCNC(=O)c1cccc(O)c1. The fourth-order valence-corrected chi connectivity index (χ4v) is 2.81. The lowest BCUT2D eigenvalue weighted by molar-refractivity contribution is -0.122. The lowest BCUT2D eigenvalue weighted by Crippen LogP contribution is -2.45. The maximum absolute atomic E-state index is 12.2. The fourth-order valence-electron chi connectivity index (χ4n) is 2.42. The zero-order valence-electron chi connectivity index (χ0n) is 15.7. The van der Waals surface area contributed by atoms with Gasteiger partial charge in [0.25, 0.3) is 11.8 Å². The Labute approximate surface area is 178 Å². The summed E-state index contributed by atoms with van der Waals surface area (Å²) in [5.74, 6) is -1.17. The molecular weight excluding hydrogens is 417 g/mol. The van der Waals surface area contributed by atoms with Crippen molar-refractivity contribution < 1.29 is 19.5 Å². The molecule has 9 heteroatoms. The van der Waals surface area contributed by atoms with E-state index in [0.717, 1.165) is 0 Å². The number of rotatable bonds is 8. The molecule has 0 aromatic heterocycles. The quantitative estimate of drug-likeness (QED) is 0.476. The van der Waals surface area contributed by atoms with E-state index >= 15 is 0 Å². The van der Waals surface area contributed by atoms with E-state index in [-0.39, 0.29) is 33.2 Å². The first-order valence-electron chi connectivity index (χ1n) is 8.89. The normalized spacial score (nSPS) is 11.4. The number of benzene rings is 2. The summed E-state index contributed by atoms with van der Waals surface area (Å²) in [6.45, 7) is 2.21. The Hall–Kier alpha value is -2.77. The molecule has 0 aliphatic carbocycles. The van der Waals surface area contributed by atoms with Crippen LogP contribution in [-0.2, 0) is 4.79 Å². The van der Waals surface area contributed by atoms with Gasteiger partial charge < -0.3 is 21.1 Å². The van der Waals surface area contributed by atoms with E-state index in [1.807, 2.05) is 0 Å². The van der Waals surface area contributed by atoms with Crippen molar-refractivity contribution in [1.82, 2.24) is 16.0 Å². The van der Waals surface area contributed by atoms with Gasteiger partial charge in [0.2, 0.25) is 5.91 Å². The van der Waals surface area contributed by atoms with E-state index in [4.69, 9.17) is 23.2 Å². The van der Waals surface area contributed by atoms with Crippen LogP contribution >= 0.6 is 23.2 Å². The van der Waals surface area contributed by atoms with E-state index in [2.05, 4.69) is 16.0 Å². The van der Waals surface area contributed by atoms with E-state index in [1.165, 1.54) is 18.2 Å².